The normalized spacial score (nSPS) is 21.1. The first-order chi connectivity index (χ1) is 18.4. The van der Waals surface area contributed by atoms with Crippen LogP contribution in [0.25, 0.3) is 0 Å². The van der Waals surface area contributed by atoms with Crippen molar-refractivity contribution in [2.75, 3.05) is 18.6 Å². The number of fused-ring (bicyclic) bond motifs is 2. The highest BCUT2D eigenvalue weighted by Gasteiger charge is 2.54. The van der Waals surface area contributed by atoms with Gasteiger partial charge in [-0.3, -0.25) is 14.5 Å². The van der Waals surface area contributed by atoms with Gasteiger partial charge in [-0.05, 0) is 37.5 Å². The van der Waals surface area contributed by atoms with Crippen molar-refractivity contribution in [2.45, 2.75) is 44.3 Å². The molecule has 0 radical (unpaired) electrons. The minimum absolute atomic E-state index is 0.0730. The fraction of sp³-hybridized carbons (Fsp3) is 0.360. The molecule has 2 aliphatic heterocycles. The molecule has 4 heterocycles. The van der Waals surface area contributed by atoms with Crippen molar-refractivity contribution in [3.05, 3.63) is 63.4 Å². The molecule has 0 saturated carbocycles. The van der Waals surface area contributed by atoms with Gasteiger partial charge in [-0.1, -0.05) is 5.16 Å². The SMILES string of the molecule is CON=C(C(=O)NC1C(=O)N2C(C(=O)O)=C(C=CC[n+]3cccc4c3CCCC4)SCC12)c1csc(N)n1. The third-order valence-electron chi connectivity index (χ3n) is 6.72. The van der Waals surface area contributed by atoms with Crippen molar-refractivity contribution in [2.24, 2.45) is 5.16 Å². The van der Waals surface area contributed by atoms with Crippen LogP contribution in [-0.4, -0.2) is 63.4 Å². The molecule has 2 unspecified atom stereocenters. The van der Waals surface area contributed by atoms with Crippen LogP contribution in [0, 0.1) is 0 Å². The number of thiazole rings is 1. The second-order valence-corrected chi connectivity index (χ2v) is 10.9. The summed E-state index contributed by atoms with van der Waals surface area (Å²) in [5.74, 6) is -1.91. The number of nitrogens with two attached hydrogens (primary N) is 1. The van der Waals surface area contributed by atoms with Crippen molar-refractivity contribution in [3.8, 4) is 0 Å². The molecular formula is C25H27N6O5S2+. The van der Waals surface area contributed by atoms with Crippen molar-refractivity contribution >= 4 is 51.7 Å². The smallest absolute Gasteiger partial charge is 0.353 e. The topological polar surface area (TPSA) is 151 Å². The van der Waals surface area contributed by atoms with Crippen LogP contribution >= 0.6 is 23.1 Å². The molecule has 0 bridgehead atoms. The Kier molecular flexibility index (Phi) is 7.47. The summed E-state index contributed by atoms with van der Waals surface area (Å²) in [6.07, 6.45) is 10.2. The molecule has 38 heavy (non-hydrogen) atoms. The number of hydrogen-bond donors (Lipinski definition) is 3. The first kappa shape index (κ1) is 25.9. The van der Waals surface area contributed by atoms with Gasteiger partial charge in [0.1, 0.15) is 24.5 Å². The molecule has 3 aliphatic rings. The number of nitrogens with zero attached hydrogens (tertiary/aromatic N) is 4. The van der Waals surface area contributed by atoms with E-state index in [0.717, 1.165) is 30.6 Å². The van der Waals surface area contributed by atoms with E-state index in [4.69, 9.17) is 10.6 Å². The number of rotatable bonds is 8. The van der Waals surface area contributed by atoms with Gasteiger partial charge in [0.15, 0.2) is 29.3 Å². The van der Waals surface area contributed by atoms with Crippen LogP contribution in [0.15, 0.2) is 51.6 Å². The van der Waals surface area contributed by atoms with Crippen molar-refractivity contribution in [1.29, 1.82) is 0 Å². The van der Waals surface area contributed by atoms with Crippen LogP contribution in [-0.2, 0) is 38.6 Å². The first-order valence-corrected chi connectivity index (χ1v) is 14.0. The number of carbonyl (C=O) groups is 3. The Labute approximate surface area is 227 Å². The number of aromatic nitrogens is 2. The summed E-state index contributed by atoms with van der Waals surface area (Å²) in [4.78, 5) is 48.7. The number of nitrogens with one attached hydrogen (secondary N) is 1. The summed E-state index contributed by atoms with van der Waals surface area (Å²) in [7, 11) is 1.29. The first-order valence-electron chi connectivity index (χ1n) is 12.1. The molecule has 4 N–H and O–H groups in total. The van der Waals surface area contributed by atoms with E-state index in [1.807, 2.05) is 18.3 Å². The highest BCUT2D eigenvalue weighted by Crippen LogP contribution is 2.39. The Bertz CT molecular complexity index is 1380. The van der Waals surface area contributed by atoms with Gasteiger partial charge >= 0.3 is 5.97 Å². The number of allylic oxidation sites excluding steroid dienone is 2. The Morgan fingerprint density at radius 1 is 1.39 bits per heavy atom. The molecule has 5 rings (SSSR count). The molecule has 2 amide bonds. The van der Waals surface area contributed by atoms with Crippen LogP contribution in [0.5, 0.6) is 0 Å². The zero-order chi connectivity index (χ0) is 26.8. The van der Waals surface area contributed by atoms with Gasteiger partial charge in [-0.25, -0.2) is 9.78 Å². The van der Waals surface area contributed by atoms with Gasteiger partial charge in [0.05, 0.1) is 6.04 Å². The van der Waals surface area contributed by atoms with E-state index in [2.05, 4.69) is 26.1 Å². The Hall–Kier alpha value is -3.71. The van der Waals surface area contributed by atoms with E-state index >= 15 is 0 Å². The van der Waals surface area contributed by atoms with Crippen molar-refractivity contribution in [1.82, 2.24) is 15.2 Å². The Morgan fingerprint density at radius 3 is 2.95 bits per heavy atom. The molecule has 2 aromatic heterocycles. The third kappa shape index (κ3) is 4.90. The van der Waals surface area contributed by atoms with E-state index in [9.17, 15) is 19.5 Å². The number of oxime groups is 1. The second-order valence-electron chi connectivity index (χ2n) is 8.99. The average molecular weight is 556 g/mol. The summed E-state index contributed by atoms with van der Waals surface area (Å²) in [6.45, 7) is 0.610. The fourth-order valence-electron chi connectivity index (χ4n) is 4.97. The number of aryl methyl sites for hydroxylation is 1. The lowest BCUT2D eigenvalue weighted by Gasteiger charge is -2.49. The standard InChI is InChI=1S/C25H26N6O5S2/c1-36-29-19(15-12-38-25(26)27-15)22(32)28-20-17-13-37-18(21(24(34)35)31(17)23(20)33)9-5-11-30-10-4-7-14-6-2-3-8-16(14)30/h4-5,7,9-10,12,17,20H,2-3,6,8,11,13H2,1H3,(H3-,26,27,28,32,34,35)/p+1. The Balaban J connectivity index is 1.31. The Morgan fingerprint density at radius 2 is 2.21 bits per heavy atom. The monoisotopic (exact) mass is 555 g/mol. The average Bonchev–Trinajstić information content (AvgIpc) is 3.35. The molecule has 198 valence electrons. The van der Waals surface area contributed by atoms with Crippen LogP contribution in [0.1, 0.15) is 29.8 Å². The van der Waals surface area contributed by atoms with Crippen LogP contribution in [0.4, 0.5) is 5.13 Å². The van der Waals surface area contributed by atoms with E-state index in [1.54, 1.807) is 11.5 Å². The summed E-state index contributed by atoms with van der Waals surface area (Å²) in [6, 6.07) is 2.82. The fourth-order valence-corrected chi connectivity index (χ4v) is 6.72. The maximum absolute atomic E-state index is 13.0. The number of carbonyl (C=O) groups excluding carboxylic acids is 2. The zero-order valence-corrected chi connectivity index (χ0v) is 22.3. The number of β-lactam (4-membered cyclic amide) rings is 1. The van der Waals surface area contributed by atoms with Gasteiger partial charge < -0.3 is 21.0 Å². The third-order valence-corrected chi connectivity index (χ3v) is 8.54. The van der Waals surface area contributed by atoms with Crippen molar-refractivity contribution < 1.29 is 28.9 Å². The summed E-state index contributed by atoms with van der Waals surface area (Å²) in [5.41, 5.74) is 8.38. The number of amides is 2. The molecule has 2 atom stereocenters. The molecule has 1 aliphatic carbocycles. The lowest BCUT2D eigenvalue weighted by molar-refractivity contribution is -0.695. The number of pyridine rings is 1. The lowest BCUT2D eigenvalue weighted by Crippen LogP contribution is -2.73. The van der Waals surface area contributed by atoms with Gasteiger partial charge in [-0.15, -0.1) is 23.1 Å². The largest absolute Gasteiger partial charge is 0.477 e. The van der Waals surface area contributed by atoms with Crippen LogP contribution in [0.2, 0.25) is 0 Å². The van der Waals surface area contributed by atoms with Gasteiger partial charge in [0, 0.05) is 34.1 Å². The number of anilines is 1. The van der Waals surface area contributed by atoms with E-state index in [0.29, 0.717) is 17.2 Å². The molecular weight excluding hydrogens is 528 g/mol. The molecule has 11 nitrogen and oxygen atoms in total. The van der Waals surface area contributed by atoms with E-state index in [-0.39, 0.29) is 22.2 Å². The van der Waals surface area contributed by atoms with Crippen LogP contribution in [0.3, 0.4) is 0 Å². The number of thioether (sulfide) groups is 1. The molecule has 0 aromatic carbocycles. The summed E-state index contributed by atoms with van der Waals surface area (Å²) < 4.78 is 2.19. The molecule has 13 heteroatoms. The molecule has 1 fully saturated rings. The molecule has 2 aromatic rings. The van der Waals surface area contributed by atoms with Crippen LogP contribution < -0.4 is 15.6 Å². The highest BCUT2D eigenvalue weighted by atomic mass is 32.2. The summed E-state index contributed by atoms with van der Waals surface area (Å²) >= 11 is 2.49. The molecule has 0 spiro atoms. The maximum Gasteiger partial charge on any atom is 0.353 e. The second kappa shape index (κ2) is 11.0. The molecule has 1 saturated heterocycles. The maximum atomic E-state index is 13.0. The zero-order valence-electron chi connectivity index (χ0n) is 20.6. The number of nitrogen functional groups attached to an aromatic ring is 1. The van der Waals surface area contributed by atoms with Gasteiger partial charge in [0.25, 0.3) is 11.8 Å². The van der Waals surface area contributed by atoms with Gasteiger partial charge in [0.2, 0.25) is 0 Å². The van der Waals surface area contributed by atoms with Gasteiger partial charge in [-0.2, -0.15) is 4.57 Å². The summed E-state index contributed by atoms with van der Waals surface area (Å²) in [5, 5.41) is 18.2. The minimum atomic E-state index is -1.19. The quantitative estimate of drug-likeness (QED) is 0.191. The number of carboxylic acid groups (broad SMARTS) is 1. The number of aliphatic carboxylic acids is 1. The number of hydrogen-bond acceptors (Lipinski definition) is 9. The predicted octanol–water partition coefficient (Wildman–Crippen LogP) is 1.24. The van der Waals surface area contributed by atoms with E-state index in [1.165, 1.54) is 41.4 Å². The minimum Gasteiger partial charge on any atom is -0.477 e. The van der Waals surface area contributed by atoms with E-state index < -0.39 is 29.9 Å². The predicted molar refractivity (Wildman–Crippen MR) is 142 cm³/mol. The van der Waals surface area contributed by atoms with Crippen molar-refractivity contribution in [3.63, 3.8) is 0 Å². The number of carboxylic acids is 1. The highest BCUT2D eigenvalue weighted by molar-refractivity contribution is 8.03. The lowest BCUT2D eigenvalue weighted by atomic mass is 9.94.